The number of allylic oxidation sites excluding steroid dienone is 1. The topological polar surface area (TPSA) is 69.7 Å². The number of nitrogens with one attached hydrogen (secondary N) is 1. The number of rotatable bonds is 6. The van der Waals surface area contributed by atoms with Crippen LogP contribution in [-0.4, -0.2) is 66.5 Å². The minimum absolute atomic E-state index is 0.0207. The van der Waals surface area contributed by atoms with Gasteiger partial charge in [-0.05, 0) is 18.4 Å². The summed E-state index contributed by atoms with van der Waals surface area (Å²) in [5, 5.41) is 3.15. The molecule has 2 aliphatic rings. The van der Waals surface area contributed by atoms with Crippen molar-refractivity contribution in [3.05, 3.63) is 47.2 Å². The van der Waals surface area contributed by atoms with Crippen molar-refractivity contribution in [3.63, 3.8) is 0 Å². The Balaban J connectivity index is 1.43. The Morgan fingerprint density at radius 3 is 2.23 bits per heavy atom. The number of hydrogen-bond donors (Lipinski definition) is 1. The molecule has 0 atom stereocenters. The molecule has 3 rings (SSSR count). The molecule has 1 saturated carbocycles. The van der Waals surface area contributed by atoms with E-state index in [1.807, 2.05) is 49.9 Å². The number of amides is 1. The molecule has 0 aromatic heterocycles. The van der Waals surface area contributed by atoms with Gasteiger partial charge in [0.15, 0.2) is 11.6 Å². The fourth-order valence-corrected chi connectivity index (χ4v) is 4.08. The third kappa shape index (κ3) is 5.57. The second-order valence-electron chi connectivity index (χ2n) is 8.70. The summed E-state index contributed by atoms with van der Waals surface area (Å²) in [5.74, 6) is 0.0830. The summed E-state index contributed by atoms with van der Waals surface area (Å²) in [6.07, 6.45) is 2.37. The molecular weight excluding hydrogens is 378 g/mol. The van der Waals surface area contributed by atoms with Crippen LogP contribution in [0.4, 0.5) is 0 Å². The quantitative estimate of drug-likeness (QED) is 0.442. The van der Waals surface area contributed by atoms with Crippen molar-refractivity contribution < 1.29 is 14.4 Å². The van der Waals surface area contributed by atoms with Gasteiger partial charge >= 0.3 is 0 Å². The zero-order chi connectivity index (χ0) is 21.7. The number of hydrogen-bond acceptors (Lipinski definition) is 5. The number of carbonyl (C=O) groups excluding carboxylic acids is 3. The van der Waals surface area contributed by atoms with Crippen molar-refractivity contribution in [2.75, 3.05) is 39.3 Å². The number of ketones is 2. The van der Waals surface area contributed by atoms with E-state index in [2.05, 4.69) is 10.2 Å². The predicted molar refractivity (Wildman–Crippen MR) is 117 cm³/mol. The van der Waals surface area contributed by atoms with Crippen LogP contribution in [0.2, 0.25) is 0 Å². The van der Waals surface area contributed by atoms with Crippen molar-refractivity contribution in [1.82, 2.24) is 15.1 Å². The molecule has 1 aromatic rings. The average Bonchev–Trinajstić information content (AvgIpc) is 2.73. The molecule has 2 fully saturated rings. The number of aryl methyl sites for hydroxylation is 1. The maximum Gasteiger partial charge on any atom is 0.225 e. The highest BCUT2D eigenvalue weighted by atomic mass is 16.2. The van der Waals surface area contributed by atoms with Gasteiger partial charge in [0.05, 0.1) is 5.57 Å². The standard InChI is InChI=1S/C24H33N3O3/c1-17(2)24(30)27-12-10-26(11-13-27)9-8-25-16-21-22(28)14-20(15-23(21)29)19-6-4-18(3)5-7-19/h4-7,16-17,20,25H,8-15H2,1-3H3. The molecule has 1 aromatic carbocycles. The Morgan fingerprint density at radius 1 is 1.07 bits per heavy atom. The number of nitrogens with zero attached hydrogens (tertiary/aromatic N) is 2. The predicted octanol–water partition coefficient (Wildman–Crippen LogP) is 2.28. The van der Waals surface area contributed by atoms with Crippen molar-refractivity contribution in [2.45, 2.75) is 39.5 Å². The van der Waals surface area contributed by atoms with Gasteiger partial charge < -0.3 is 10.2 Å². The highest BCUT2D eigenvalue weighted by Gasteiger charge is 2.31. The minimum atomic E-state index is -0.0786. The molecule has 0 radical (unpaired) electrons. The van der Waals surface area contributed by atoms with Crippen LogP contribution in [-0.2, 0) is 14.4 Å². The zero-order valence-electron chi connectivity index (χ0n) is 18.3. The fourth-order valence-electron chi connectivity index (χ4n) is 4.08. The van der Waals surface area contributed by atoms with Crippen LogP contribution in [0.1, 0.15) is 43.7 Å². The SMILES string of the molecule is Cc1ccc(C2CC(=O)C(=CNCCN3CCN(C(=O)C(C)C)CC3)C(=O)C2)cc1. The van der Waals surface area contributed by atoms with Crippen LogP contribution < -0.4 is 5.32 Å². The summed E-state index contributed by atoms with van der Waals surface area (Å²) in [7, 11) is 0. The van der Waals surface area contributed by atoms with Gasteiger partial charge in [-0.2, -0.15) is 0 Å². The van der Waals surface area contributed by atoms with Crippen LogP contribution >= 0.6 is 0 Å². The van der Waals surface area contributed by atoms with Gasteiger partial charge in [-0.25, -0.2) is 0 Å². The average molecular weight is 412 g/mol. The molecule has 1 saturated heterocycles. The third-order valence-electron chi connectivity index (χ3n) is 6.01. The van der Waals surface area contributed by atoms with E-state index in [-0.39, 0.29) is 29.3 Å². The smallest absolute Gasteiger partial charge is 0.225 e. The fraction of sp³-hybridized carbons (Fsp3) is 0.542. The van der Waals surface area contributed by atoms with Crippen LogP contribution in [0.5, 0.6) is 0 Å². The van der Waals surface area contributed by atoms with Crippen LogP contribution in [0.3, 0.4) is 0 Å². The highest BCUT2D eigenvalue weighted by Crippen LogP contribution is 2.31. The molecule has 1 aliphatic heterocycles. The molecule has 1 heterocycles. The van der Waals surface area contributed by atoms with Crippen molar-refractivity contribution in [2.24, 2.45) is 5.92 Å². The van der Waals surface area contributed by atoms with Gasteiger partial charge in [-0.15, -0.1) is 0 Å². The Bertz CT molecular complexity index is 785. The molecule has 1 N–H and O–H groups in total. The number of benzene rings is 1. The van der Waals surface area contributed by atoms with Gasteiger partial charge in [0.1, 0.15) is 0 Å². The van der Waals surface area contributed by atoms with E-state index in [1.54, 1.807) is 6.20 Å². The first-order valence-corrected chi connectivity index (χ1v) is 10.9. The molecule has 0 bridgehead atoms. The first-order chi connectivity index (χ1) is 14.3. The number of Topliss-reactive ketones (excluding diaryl/α,β-unsaturated/α-hetero) is 2. The summed E-state index contributed by atoms with van der Waals surface area (Å²) < 4.78 is 0. The maximum absolute atomic E-state index is 12.5. The molecule has 0 unspecified atom stereocenters. The summed E-state index contributed by atoms with van der Waals surface area (Å²) >= 11 is 0. The van der Waals surface area contributed by atoms with Crippen molar-refractivity contribution in [1.29, 1.82) is 0 Å². The molecule has 1 amide bonds. The molecule has 6 nitrogen and oxygen atoms in total. The molecular formula is C24H33N3O3. The van der Waals surface area contributed by atoms with Gasteiger partial charge in [-0.1, -0.05) is 43.7 Å². The lowest BCUT2D eigenvalue weighted by Gasteiger charge is -2.35. The molecule has 1 aliphatic carbocycles. The van der Waals surface area contributed by atoms with Gasteiger partial charge in [0.2, 0.25) is 5.91 Å². The largest absolute Gasteiger partial charge is 0.389 e. The van der Waals surface area contributed by atoms with E-state index in [0.717, 1.165) is 38.3 Å². The lowest BCUT2D eigenvalue weighted by Crippen LogP contribution is -2.50. The van der Waals surface area contributed by atoms with E-state index in [0.29, 0.717) is 25.0 Å². The van der Waals surface area contributed by atoms with Crippen LogP contribution in [0.25, 0.3) is 0 Å². The highest BCUT2D eigenvalue weighted by molar-refractivity contribution is 6.22. The first kappa shape index (κ1) is 22.2. The van der Waals surface area contributed by atoms with Gasteiger partial charge in [0.25, 0.3) is 0 Å². The number of piperazine rings is 1. The monoisotopic (exact) mass is 411 g/mol. The summed E-state index contributed by atoms with van der Waals surface area (Å²) in [6, 6.07) is 8.08. The minimum Gasteiger partial charge on any atom is -0.389 e. The first-order valence-electron chi connectivity index (χ1n) is 10.9. The number of carbonyl (C=O) groups is 3. The Kier molecular flexibility index (Phi) is 7.43. The van der Waals surface area contributed by atoms with Crippen molar-refractivity contribution >= 4 is 17.5 Å². The van der Waals surface area contributed by atoms with Crippen LogP contribution in [0, 0.1) is 12.8 Å². The van der Waals surface area contributed by atoms with Gasteiger partial charge in [0, 0.05) is 64.2 Å². The normalized spacial score (nSPS) is 20.6. The third-order valence-corrected chi connectivity index (χ3v) is 6.01. The Hall–Kier alpha value is -2.47. The molecule has 162 valence electrons. The summed E-state index contributed by atoms with van der Waals surface area (Å²) in [5.41, 5.74) is 2.53. The van der Waals surface area contributed by atoms with Crippen LogP contribution in [0.15, 0.2) is 36.0 Å². The van der Waals surface area contributed by atoms with E-state index < -0.39 is 0 Å². The lowest BCUT2D eigenvalue weighted by molar-refractivity contribution is -0.136. The van der Waals surface area contributed by atoms with E-state index >= 15 is 0 Å². The second kappa shape index (κ2) is 10.0. The zero-order valence-corrected chi connectivity index (χ0v) is 18.3. The Labute approximate surface area is 179 Å². The van der Waals surface area contributed by atoms with E-state index in [9.17, 15) is 14.4 Å². The molecule has 6 heteroatoms. The summed E-state index contributed by atoms with van der Waals surface area (Å²) in [4.78, 5) is 41.3. The summed E-state index contributed by atoms with van der Waals surface area (Å²) in [6.45, 7) is 10.6. The maximum atomic E-state index is 12.5. The second-order valence-corrected chi connectivity index (χ2v) is 8.70. The lowest BCUT2D eigenvalue weighted by atomic mass is 9.80. The van der Waals surface area contributed by atoms with E-state index in [4.69, 9.17) is 0 Å². The molecule has 30 heavy (non-hydrogen) atoms. The van der Waals surface area contributed by atoms with Crippen molar-refractivity contribution in [3.8, 4) is 0 Å². The van der Waals surface area contributed by atoms with Gasteiger partial charge in [-0.3, -0.25) is 19.3 Å². The molecule has 0 spiro atoms. The Morgan fingerprint density at radius 2 is 1.67 bits per heavy atom. The van der Waals surface area contributed by atoms with E-state index in [1.165, 1.54) is 5.56 Å².